The summed E-state index contributed by atoms with van der Waals surface area (Å²) in [4.78, 5) is 17.1. The summed E-state index contributed by atoms with van der Waals surface area (Å²) in [5.74, 6) is 0.00916. The number of benzene rings is 2. The summed E-state index contributed by atoms with van der Waals surface area (Å²) < 4.78 is 0.981. The molecule has 1 amide bonds. The maximum absolute atomic E-state index is 13.1. The Hall–Kier alpha value is -2.99. The van der Waals surface area contributed by atoms with Crippen molar-refractivity contribution in [2.75, 3.05) is 0 Å². The van der Waals surface area contributed by atoms with E-state index in [1.165, 1.54) is 5.01 Å². The Morgan fingerprint density at radius 3 is 2.48 bits per heavy atom. The molecule has 3 aromatic rings. The van der Waals surface area contributed by atoms with Gasteiger partial charge in [0.1, 0.15) is 5.75 Å². The zero-order valence-electron chi connectivity index (χ0n) is 14.3. The van der Waals surface area contributed by atoms with Gasteiger partial charge in [0.15, 0.2) is 0 Å². The largest absolute Gasteiger partial charge is 0.508 e. The first kappa shape index (κ1) is 17.4. The fourth-order valence-electron chi connectivity index (χ4n) is 3.09. The number of hydrogen-bond acceptors (Lipinski definition) is 4. The number of aromatic hydroxyl groups is 1. The van der Waals surface area contributed by atoms with Crippen LogP contribution in [-0.4, -0.2) is 26.7 Å². The van der Waals surface area contributed by atoms with E-state index in [9.17, 15) is 9.90 Å². The molecule has 1 aliphatic heterocycles. The third kappa shape index (κ3) is 3.61. The highest BCUT2D eigenvalue weighted by Gasteiger charge is 2.33. The van der Waals surface area contributed by atoms with Gasteiger partial charge in [-0.3, -0.25) is 9.78 Å². The number of phenolic OH excluding ortho intramolecular Hbond substituents is 1. The molecule has 1 aromatic heterocycles. The second-order valence-electron chi connectivity index (χ2n) is 6.26. The van der Waals surface area contributed by atoms with Crippen LogP contribution in [0.25, 0.3) is 0 Å². The first-order chi connectivity index (χ1) is 13.1. The van der Waals surface area contributed by atoms with Gasteiger partial charge < -0.3 is 5.11 Å². The monoisotopic (exact) mass is 421 g/mol. The summed E-state index contributed by atoms with van der Waals surface area (Å²) >= 11 is 3.45. The van der Waals surface area contributed by atoms with Gasteiger partial charge in [-0.2, -0.15) is 5.10 Å². The topological polar surface area (TPSA) is 65.8 Å². The van der Waals surface area contributed by atoms with Crippen LogP contribution < -0.4 is 0 Å². The van der Waals surface area contributed by atoms with E-state index in [1.807, 2.05) is 36.4 Å². The molecule has 0 spiro atoms. The number of amides is 1. The maximum atomic E-state index is 13.1. The summed E-state index contributed by atoms with van der Waals surface area (Å²) in [7, 11) is 0. The van der Waals surface area contributed by atoms with Crippen molar-refractivity contribution >= 4 is 27.5 Å². The van der Waals surface area contributed by atoms with Crippen molar-refractivity contribution in [1.29, 1.82) is 0 Å². The molecule has 4 rings (SSSR count). The van der Waals surface area contributed by atoms with Crippen LogP contribution in [0.3, 0.4) is 0 Å². The average Bonchev–Trinajstić information content (AvgIpc) is 3.14. The summed E-state index contributed by atoms with van der Waals surface area (Å²) in [5, 5.41) is 15.7. The standard InChI is InChI=1S/C21H16BrN3O2/c22-17-7-3-15(4-8-17)20-12-19(14-5-9-18(26)10-6-14)24-25(20)21(27)16-2-1-11-23-13-16/h1-11,13,20,26H,12H2. The van der Waals surface area contributed by atoms with Gasteiger partial charge in [0.2, 0.25) is 0 Å². The van der Waals surface area contributed by atoms with Gasteiger partial charge in [-0.05, 0) is 59.7 Å². The molecule has 1 unspecified atom stereocenters. The lowest BCUT2D eigenvalue weighted by molar-refractivity contribution is 0.0710. The number of hydrogen-bond donors (Lipinski definition) is 1. The van der Waals surface area contributed by atoms with Crippen LogP contribution in [0.4, 0.5) is 0 Å². The van der Waals surface area contributed by atoms with E-state index in [1.54, 1.807) is 36.7 Å². The van der Waals surface area contributed by atoms with Crippen LogP contribution in [0.15, 0.2) is 82.6 Å². The average molecular weight is 422 g/mol. The molecule has 0 fully saturated rings. The highest BCUT2D eigenvalue weighted by atomic mass is 79.9. The van der Waals surface area contributed by atoms with Gasteiger partial charge in [0.05, 0.1) is 17.3 Å². The molecule has 134 valence electrons. The van der Waals surface area contributed by atoms with Crippen LogP contribution in [0.2, 0.25) is 0 Å². The number of nitrogens with zero attached hydrogens (tertiary/aromatic N) is 3. The minimum atomic E-state index is -0.199. The van der Waals surface area contributed by atoms with Crippen LogP contribution >= 0.6 is 15.9 Å². The fourth-order valence-corrected chi connectivity index (χ4v) is 3.36. The minimum absolute atomic E-state index is 0.190. The summed E-state index contributed by atoms with van der Waals surface area (Å²) in [6, 6.07) is 18.0. The zero-order chi connectivity index (χ0) is 18.8. The quantitative estimate of drug-likeness (QED) is 0.674. The number of carbonyl (C=O) groups is 1. The summed E-state index contributed by atoms with van der Waals surface area (Å²) in [6.45, 7) is 0. The van der Waals surface area contributed by atoms with Crippen molar-refractivity contribution in [3.63, 3.8) is 0 Å². The molecule has 0 bridgehead atoms. The van der Waals surface area contributed by atoms with Crippen molar-refractivity contribution in [2.45, 2.75) is 12.5 Å². The van der Waals surface area contributed by atoms with Crippen molar-refractivity contribution in [2.24, 2.45) is 5.10 Å². The first-order valence-corrected chi connectivity index (χ1v) is 9.27. The van der Waals surface area contributed by atoms with E-state index in [-0.39, 0.29) is 17.7 Å². The third-order valence-corrected chi connectivity index (χ3v) is 5.01. The first-order valence-electron chi connectivity index (χ1n) is 8.48. The van der Waals surface area contributed by atoms with Crippen molar-refractivity contribution in [3.8, 4) is 5.75 Å². The molecule has 2 heterocycles. The molecule has 0 saturated heterocycles. The van der Waals surface area contributed by atoms with Crippen LogP contribution in [0, 0.1) is 0 Å². The Labute approximate surface area is 165 Å². The Morgan fingerprint density at radius 2 is 1.81 bits per heavy atom. The number of hydrazone groups is 1. The lowest BCUT2D eigenvalue weighted by Gasteiger charge is -2.22. The number of aromatic nitrogens is 1. The summed E-state index contributed by atoms with van der Waals surface area (Å²) in [5.41, 5.74) is 3.19. The molecular weight excluding hydrogens is 406 g/mol. The number of halogens is 1. The lowest BCUT2D eigenvalue weighted by atomic mass is 9.98. The highest BCUT2D eigenvalue weighted by Crippen LogP contribution is 2.34. The molecule has 2 aromatic carbocycles. The van der Waals surface area contributed by atoms with Crippen LogP contribution in [0.1, 0.15) is 33.9 Å². The number of pyridine rings is 1. The molecule has 1 N–H and O–H groups in total. The van der Waals surface area contributed by atoms with Crippen molar-refractivity contribution < 1.29 is 9.90 Å². The Bertz CT molecular complexity index is 986. The van der Waals surface area contributed by atoms with E-state index < -0.39 is 0 Å². The van der Waals surface area contributed by atoms with Gasteiger partial charge in [0.25, 0.3) is 5.91 Å². The van der Waals surface area contributed by atoms with E-state index in [2.05, 4.69) is 26.0 Å². The van der Waals surface area contributed by atoms with Gasteiger partial charge in [-0.15, -0.1) is 0 Å². The van der Waals surface area contributed by atoms with Gasteiger partial charge in [-0.25, -0.2) is 5.01 Å². The predicted octanol–water partition coefficient (Wildman–Crippen LogP) is 4.54. The minimum Gasteiger partial charge on any atom is -0.508 e. The van der Waals surface area contributed by atoms with E-state index >= 15 is 0 Å². The third-order valence-electron chi connectivity index (χ3n) is 4.48. The zero-order valence-corrected chi connectivity index (χ0v) is 15.9. The molecule has 0 aliphatic carbocycles. The van der Waals surface area contributed by atoms with Crippen molar-refractivity contribution in [3.05, 3.63) is 94.2 Å². The fraction of sp³-hybridized carbons (Fsp3) is 0.0952. The highest BCUT2D eigenvalue weighted by molar-refractivity contribution is 9.10. The second kappa shape index (κ2) is 7.32. The van der Waals surface area contributed by atoms with Crippen LogP contribution in [0.5, 0.6) is 5.75 Å². The summed E-state index contributed by atoms with van der Waals surface area (Å²) in [6.07, 6.45) is 3.78. The molecule has 0 radical (unpaired) electrons. The number of rotatable bonds is 3. The molecule has 1 aliphatic rings. The Kier molecular flexibility index (Phi) is 4.73. The number of carbonyl (C=O) groups excluding carboxylic acids is 1. The molecule has 6 heteroatoms. The normalized spacial score (nSPS) is 16.3. The maximum Gasteiger partial charge on any atom is 0.276 e. The lowest BCUT2D eigenvalue weighted by Crippen LogP contribution is -2.27. The Morgan fingerprint density at radius 1 is 1.07 bits per heavy atom. The molecule has 0 saturated carbocycles. The van der Waals surface area contributed by atoms with E-state index in [4.69, 9.17) is 0 Å². The van der Waals surface area contributed by atoms with Crippen LogP contribution in [-0.2, 0) is 0 Å². The molecular formula is C21H16BrN3O2. The van der Waals surface area contributed by atoms with Crippen molar-refractivity contribution in [1.82, 2.24) is 9.99 Å². The SMILES string of the molecule is O=C(c1cccnc1)N1N=C(c2ccc(O)cc2)CC1c1ccc(Br)cc1. The van der Waals surface area contributed by atoms with Gasteiger partial charge >= 0.3 is 0 Å². The molecule has 27 heavy (non-hydrogen) atoms. The molecule has 1 atom stereocenters. The molecule has 5 nitrogen and oxygen atoms in total. The predicted molar refractivity (Wildman–Crippen MR) is 107 cm³/mol. The van der Waals surface area contributed by atoms with E-state index in [0.29, 0.717) is 12.0 Å². The smallest absolute Gasteiger partial charge is 0.276 e. The Balaban J connectivity index is 1.72. The second-order valence-corrected chi connectivity index (χ2v) is 7.17. The van der Waals surface area contributed by atoms with Gasteiger partial charge in [-0.1, -0.05) is 28.1 Å². The van der Waals surface area contributed by atoms with Gasteiger partial charge in [0, 0.05) is 23.3 Å². The van der Waals surface area contributed by atoms with E-state index in [0.717, 1.165) is 21.3 Å². The number of phenols is 1.